The summed E-state index contributed by atoms with van der Waals surface area (Å²) in [5.41, 5.74) is 3.73. The average molecular weight is 290 g/mol. The Hall–Kier alpha value is -1.88. The van der Waals surface area contributed by atoms with Gasteiger partial charge in [-0.05, 0) is 34.1 Å². The predicted octanol–water partition coefficient (Wildman–Crippen LogP) is 3.09. The van der Waals surface area contributed by atoms with Gasteiger partial charge in [-0.25, -0.2) is 9.97 Å². The highest BCUT2D eigenvalue weighted by atomic mass is 79.9. The molecule has 2 N–H and O–H groups in total. The van der Waals surface area contributed by atoms with Gasteiger partial charge in [0.1, 0.15) is 4.60 Å². The van der Waals surface area contributed by atoms with Crippen LogP contribution in [0.3, 0.4) is 0 Å². The highest BCUT2D eigenvalue weighted by Gasteiger charge is 2.08. The molecule has 84 valence electrons. The fourth-order valence-corrected chi connectivity index (χ4v) is 2.05. The number of halogens is 1. The van der Waals surface area contributed by atoms with Gasteiger partial charge in [0, 0.05) is 29.6 Å². The van der Waals surface area contributed by atoms with Gasteiger partial charge in [-0.3, -0.25) is 0 Å². The number of nitrogens with one attached hydrogen (secondary N) is 1. The summed E-state index contributed by atoms with van der Waals surface area (Å²) in [6.45, 7) is 0. The van der Waals surface area contributed by atoms with Gasteiger partial charge in [-0.2, -0.15) is 0 Å². The van der Waals surface area contributed by atoms with Crippen LogP contribution in [-0.2, 0) is 0 Å². The zero-order chi connectivity index (χ0) is 11.8. The van der Waals surface area contributed by atoms with Crippen molar-refractivity contribution in [1.82, 2.24) is 15.0 Å². The zero-order valence-electron chi connectivity index (χ0n) is 8.68. The van der Waals surface area contributed by atoms with Crippen LogP contribution in [0.15, 0.2) is 41.3 Å². The quantitative estimate of drug-likeness (QED) is 0.677. The van der Waals surface area contributed by atoms with Gasteiger partial charge in [-0.1, -0.05) is 0 Å². The maximum atomic E-state index is 9.17. The zero-order valence-corrected chi connectivity index (χ0v) is 10.3. The smallest absolute Gasteiger partial charge is 0.210 e. The molecule has 0 fully saturated rings. The van der Waals surface area contributed by atoms with E-state index in [0.717, 1.165) is 26.8 Å². The SMILES string of the molecule is Oc1ccc(-c2c[nH]c3ccc(Br)nc23)cn1. The molecule has 5 heteroatoms. The van der Waals surface area contributed by atoms with E-state index in [1.165, 1.54) is 0 Å². The molecule has 3 rings (SSSR count). The van der Waals surface area contributed by atoms with Crippen LogP contribution in [0.5, 0.6) is 5.88 Å². The number of hydrogen-bond donors (Lipinski definition) is 2. The molecule has 0 unspecified atom stereocenters. The Bertz CT molecular complexity index is 676. The minimum Gasteiger partial charge on any atom is -0.493 e. The van der Waals surface area contributed by atoms with Crippen LogP contribution >= 0.6 is 15.9 Å². The van der Waals surface area contributed by atoms with Gasteiger partial charge >= 0.3 is 0 Å². The summed E-state index contributed by atoms with van der Waals surface area (Å²) >= 11 is 3.35. The summed E-state index contributed by atoms with van der Waals surface area (Å²) in [4.78, 5) is 11.5. The lowest BCUT2D eigenvalue weighted by molar-refractivity contribution is 0.453. The molecule has 0 aromatic carbocycles. The van der Waals surface area contributed by atoms with Crippen molar-refractivity contribution in [3.8, 4) is 17.0 Å². The molecular weight excluding hydrogens is 282 g/mol. The molecule has 0 aliphatic rings. The van der Waals surface area contributed by atoms with Gasteiger partial charge in [-0.15, -0.1) is 0 Å². The molecule has 0 aliphatic carbocycles. The lowest BCUT2D eigenvalue weighted by atomic mass is 10.1. The summed E-state index contributed by atoms with van der Waals surface area (Å²) in [5.74, 6) is 0.0164. The lowest BCUT2D eigenvalue weighted by Crippen LogP contribution is -1.81. The van der Waals surface area contributed by atoms with Crippen LogP contribution in [0.1, 0.15) is 0 Å². The molecule has 0 radical (unpaired) electrons. The van der Waals surface area contributed by atoms with Crippen molar-refractivity contribution < 1.29 is 5.11 Å². The Morgan fingerprint density at radius 3 is 2.82 bits per heavy atom. The monoisotopic (exact) mass is 289 g/mol. The van der Waals surface area contributed by atoms with Crippen LogP contribution in [0.25, 0.3) is 22.2 Å². The van der Waals surface area contributed by atoms with Crippen molar-refractivity contribution in [2.45, 2.75) is 0 Å². The van der Waals surface area contributed by atoms with E-state index in [0.29, 0.717) is 0 Å². The Morgan fingerprint density at radius 2 is 2.06 bits per heavy atom. The van der Waals surface area contributed by atoms with Gasteiger partial charge in [0.25, 0.3) is 0 Å². The number of rotatable bonds is 1. The summed E-state index contributed by atoms with van der Waals surface area (Å²) in [6, 6.07) is 7.22. The van der Waals surface area contributed by atoms with E-state index in [2.05, 4.69) is 30.9 Å². The average Bonchev–Trinajstić information content (AvgIpc) is 2.73. The molecule has 17 heavy (non-hydrogen) atoms. The van der Waals surface area contributed by atoms with E-state index in [1.54, 1.807) is 12.3 Å². The fraction of sp³-hybridized carbons (Fsp3) is 0. The molecule has 0 aliphatic heterocycles. The Morgan fingerprint density at radius 1 is 1.18 bits per heavy atom. The van der Waals surface area contributed by atoms with Crippen molar-refractivity contribution in [1.29, 1.82) is 0 Å². The minimum atomic E-state index is 0.0164. The number of aromatic hydroxyl groups is 1. The van der Waals surface area contributed by atoms with Gasteiger partial charge < -0.3 is 10.1 Å². The Balaban J connectivity index is 2.23. The first-order valence-corrected chi connectivity index (χ1v) is 5.82. The fourth-order valence-electron chi connectivity index (χ4n) is 1.74. The van der Waals surface area contributed by atoms with Crippen molar-refractivity contribution in [2.24, 2.45) is 0 Å². The molecule has 0 saturated carbocycles. The van der Waals surface area contributed by atoms with E-state index < -0.39 is 0 Å². The van der Waals surface area contributed by atoms with Gasteiger partial charge in [0.2, 0.25) is 5.88 Å². The van der Waals surface area contributed by atoms with Gasteiger partial charge in [0.15, 0.2) is 0 Å². The standard InChI is InChI=1S/C12H8BrN3O/c13-10-3-2-9-12(16-10)8(6-14-9)7-1-4-11(17)15-5-7/h1-6,14H,(H,15,17). The second kappa shape index (κ2) is 3.85. The van der Waals surface area contributed by atoms with E-state index in [4.69, 9.17) is 5.11 Å². The third kappa shape index (κ3) is 1.78. The van der Waals surface area contributed by atoms with Gasteiger partial charge in [0.05, 0.1) is 11.0 Å². The maximum absolute atomic E-state index is 9.17. The normalized spacial score (nSPS) is 10.9. The minimum absolute atomic E-state index is 0.0164. The van der Waals surface area contributed by atoms with Crippen molar-refractivity contribution in [3.05, 3.63) is 41.3 Å². The van der Waals surface area contributed by atoms with E-state index >= 15 is 0 Å². The molecule has 0 atom stereocenters. The molecule has 0 saturated heterocycles. The first kappa shape index (κ1) is 10.3. The number of aromatic amines is 1. The summed E-state index contributed by atoms with van der Waals surface area (Å²) in [6.07, 6.45) is 3.51. The highest BCUT2D eigenvalue weighted by molar-refractivity contribution is 9.10. The van der Waals surface area contributed by atoms with Crippen LogP contribution in [0, 0.1) is 0 Å². The molecule has 3 aromatic rings. The number of pyridine rings is 2. The number of H-pyrrole nitrogens is 1. The molecule has 0 amide bonds. The van der Waals surface area contributed by atoms with Crippen LogP contribution in [0.4, 0.5) is 0 Å². The van der Waals surface area contributed by atoms with E-state index in [-0.39, 0.29) is 5.88 Å². The summed E-state index contributed by atoms with van der Waals surface area (Å²) < 4.78 is 0.789. The summed E-state index contributed by atoms with van der Waals surface area (Å²) in [7, 11) is 0. The molecule has 3 aromatic heterocycles. The maximum Gasteiger partial charge on any atom is 0.210 e. The van der Waals surface area contributed by atoms with Crippen LogP contribution < -0.4 is 0 Å². The Kier molecular flexibility index (Phi) is 2.33. The second-order valence-electron chi connectivity index (χ2n) is 3.64. The molecule has 3 heterocycles. The van der Waals surface area contributed by atoms with Crippen LogP contribution in [-0.4, -0.2) is 20.1 Å². The largest absolute Gasteiger partial charge is 0.493 e. The summed E-state index contributed by atoms with van der Waals surface area (Å²) in [5, 5.41) is 9.17. The molecule has 0 spiro atoms. The van der Waals surface area contributed by atoms with Crippen molar-refractivity contribution >= 4 is 27.0 Å². The third-order valence-electron chi connectivity index (χ3n) is 2.55. The number of aromatic nitrogens is 3. The molecular formula is C12H8BrN3O. The number of fused-ring (bicyclic) bond motifs is 1. The second-order valence-corrected chi connectivity index (χ2v) is 4.45. The van der Waals surface area contributed by atoms with Crippen molar-refractivity contribution in [2.75, 3.05) is 0 Å². The highest BCUT2D eigenvalue weighted by Crippen LogP contribution is 2.28. The first-order chi connectivity index (χ1) is 8.24. The van der Waals surface area contributed by atoms with Crippen molar-refractivity contribution in [3.63, 3.8) is 0 Å². The molecule has 4 nitrogen and oxygen atoms in total. The van der Waals surface area contributed by atoms with E-state index in [9.17, 15) is 0 Å². The molecule has 0 bridgehead atoms. The third-order valence-corrected chi connectivity index (χ3v) is 2.99. The lowest BCUT2D eigenvalue weighted by Gasteiger charge is -1.99. The van der Waals surface area contributed by atoms with E-state index in [1.807, 2.05) is 24.4 Å². The first-order valence-electron chi connectivity index (χ1n) is 5.03. The number of hydrogen-bond acceptors (Lipinski definition) is 3. The Labute approximate surface area is 105 Å². The van der Waals surface area contributed by atoms with Crippen LogP contribution in [0.2, 0.25) is 0 Å². The number of nitrogens with zero attached hydrogens (tertiary/aromatic N) is 2. The topological polar surface area (TPSA) is 61.8 Å². The predicted molar refractivity (Wildman–Crippen MR) is 68.7 cm³/mol.